The molecule has 0 spiro atoms. The van der Waals surface area contributed by atoms with E-state index in [1.165, 1.54) is 0 Å². The van der Waals surface area contributed by atoms with Crippen LogP contribution >= 0.6 is 11.5 Å². The van der Waals surface area contributed by atoms with E-state index in [-0.39, 0.29) is 5.78 Å². The lowest BCUT2D eigenvalue weighted by Crippen LogP contribution is -2.01. The number of nitrogens with zero attached hydrogens (tertiary/aromatic N) is 4. The predicted molar refractivity (Wildman–Crippen MR) is 55.9 cm³/mol. The summed E-state index contributed by atoms with van der Waals surface area (Å²) in [5, 5.41) is 7.87. The highest BCUT2D eigenvalue weighted by molar-refractivity contribution is 7.08. The van der Waals surface area contributed by atoms with Gasteiger partial charge in [0.2, 0.25) is 5.78 Å². The number of rotatable bonds is 3. The molecule has 0 aliphatic carbocycles. The van der Waals surface area contributed by atoms with Crippen LogP contribution in [0.5, 0.6) is 0 Å². The van der Waals surface area contributed by atoms with Crippen molar-refractivity contribution in [3.8, 4) is 0 Å². The van der Waals surface area contributed by atoms with Gasteiger partial charge in [-0.2, -0.15) is 5.10 Å². The van der Waals surface area contributed by atoms with Gasteiger partial charge in [-0.15, -0.1) is 5.10 Å². The fourth-order valence-corrected chi connectivity index (χ4v) is 1.99. The number of carbonyl (C=O) groups is 1. The first-order valence-corrected chi connectivity index (χ1v) is 5.34. The number of carbonyl (C=O) groups excluding carboxylic acids is 1. The molecule has 0 saturated heterocycles. The molecule has 0 fully saturated rings. The van der Waals surface area contributed by atoms with Crippen molar-refractivity contribution in [2.24, 2.45) is 7.05 Å². The molecular weight excluding hydrogens is 212 g/mol. The number of hydrogen-bond donors (Lipinski definition) is 0. The monoisotopic (exact) mass is 222 g/mol. The fraction of sp³-hybridized carbons (Fsp3) is 0.333. The van der Waals surface area contributed by atoms with Gasteiger partial charge in [-0.1, -0.05) is 11.4 Å². The van der Waals surface area contributed by atoms with Gasteiger partial charge >= 0.3 is 0 Å². The third kappa shape index (κ3) is 1.80. The van der Waals surface area contributed by atoms with E-state index in [1.54, 1.807) is 24.1 Å². The lowest BCUT2D eigenvalue weighted by atomic mass is 10.1. The van der Waals surface area contributed by atoms with Crippen LogP contribution in [0, 0.1) is 0 Å². The highest BCUT2D eigenvalue weighted by Crippen LogP contribution is 2.16. The van der Waals surface area contributed by atoms with Gasteiger partial charge in [-0.3, -0.25) is 9.48 Å². The Morgan fingerprint density at radius 1 is 1.60 bits per heavy atom. The van der Waals surface area contributed by atoms with Crippen LogP contribution in [0.15, 0.2) is 12.4 Å². The van der Waals surface area contributed by atoms with Crippen LogP contribution in [0.2, 0.25) is 0 Å². The van der Waals surface area contributed by atoms with Crippen molar-refractivity contribution >= 4 is 17.3 Å². The molecule has 2 aromatic rings. The standard InChI is InChI=1S/C9H10N4OS/c1-3-7-9(15-12-11-7)8(14)6-4-10-13(2)5-6/h4-5H,3H2,1-2H3. The Hall–Kier alpha value is -1.56. The molecule has 5 nitrogen and oxygen atoms in total. The van der Waals surface area contributed by atoms with E-state index in [0.717, 1.165) is 23.6 Å². The second-order valence-corrected chi connectivity index (χ2v) is 3.89. The third-order valence-electron chi connectivity index (χ3n) is 2.06. The summed E-state index contributed by atoms with van der Waals surface area (Å²) in [6.07, 6.45) is 3.97. The van der Waals surface area contributed by atoms with Crippen LogP contribution in [-0.2, 0) is 13.5 Å². The van der Waals surface area contributed by atoms with Crippen molar-refractivity contribution in [2.75, 3.05) is 0 Å². The van der Waals surface area contributed by atoms with Crippen LogP contribution in [0.4, 0.5) is 0 Å². The van der Waals surface area contributed by atoms with E-state index >= 15 is 0 Å². The highest BCUT2D eigenvalue weighted by atomic mass is 32.1. The summed E-state index contributed by atoms with van der Waals surface area (Å²) < 4.78 is 5.39. The molecule has 0 aliphatic heterocycles. The number of ketones is 1. The lowest BCUT2D eigenvalue weighted by molar-refractivity contribution is 0.104. The van der Waals surface area contributed by atoms with Gasteiger partial charge in [0, 0.05) is 13.2 Å². The topological polar surface area (TPSA) is 60.7 Å². The SMILES string of the molecule is CCc1nnsc1C(=O)c1cnn(C)c1. The van der Waals surface area contributed by atoms with Crippen LogP contribution in [0.3, 0.4) is 0 Å². The normalized spacial score (nSPS) is 10.5. The van der Waals surface area contributed by atoms with E-state index in [0.29, 0.717) is 10.4 Å². The van der Waals surface area contributed by atoms with Gasteiger partial charge in [0.25, 0.3) is 0 Å². The molecule has 78 valence electrons. The quantitative estimate of drug-likeness (QED) is 0.729. The highest BCUT2D eigenvalue weighted by Gasteiger charge is 2.17. The Labute approximate surface area is 90.9 Å². The molecule has 0 atom stereocenters. The van der Waals surface area contributed by atoms with Gasteiger partial charge in [-0.05, 0) is 18.0 Å². The zero-order chi connectivity index (χ0) is 10.8. The van der Waals surface area contributed by atoms with Crippen LogP contribution in [0.1, 0.15) is 27.9 Å². The molecule has 0 aliphatic rings. The van der Waals surface area contributed by atoms with E-state index in [1.807, 2.05) is 6.92 Å². The summed E-state index contributed by atoms with van der Waals surface area (Å²) in [4.78, 5) is 12.6. The molecule has 15 heavy (non-hydrogen) atoms. The zero-order valence-electron chi connectivity index (χ0n) is 8.47. The first-order chi connectivity index (χ1) is 7.22. The zero-order valence-corrected chi connectivity index (χ0v) is 9.28. The molecule has 0 bridgehead atoms. The average Bonchev–Trinajstić information content (AvgIpc) is 2.84. The van der Waals surface area contributed by atoms with E-state index in [2.05, 4.69) is 14.7 Å². The maximum Gasteiger partial charge on any atom is 0.209 e. The Balaban J connectivity index is 2.36. The van der Waals surface area contributed by atoms with Crippen molar-refractivity contribution in [2.45, 2.75) is 13.3 Å². The summed E-state index contributed by atoms with van der Waals surface area (Å²) in [7, 11) is 1.78. The lowest BCUT2D eigenvalue weighted by Gasteiger charge is -1.94. The summed E-state index contributed by atoms with van der Waals surface area (Å²) in [5.41, 5.74) is 1.34. The van der Waals surface area contributed by atoms with Crippen molar-refractivity contribution < 1.29 is 4.79 Å². The molecule has 0 saturated carbocycles. The minimum absolute atomic E-state index is 0.0463. The van der Waals surface area contributed by atoms with Crippen molar-refractivity contribution in [1.82, 2.24) is 19.4 Å². The van der Waals surface area contributed by atoms with E-state index < -0.39 is 0 Å². The Morgan fingerprint density at radius 2 is 2.40 bits per heavy atom. The summed E-state index contributed by atoms with van der Waals surface area (Å²) in [6, 6.07) is 0. The largest absolute Gasteiger partial charge is 0.287 e. The first-order valence-electron chi connectivity index (χ1n) is 4.57. The first kappa shape index (κ1) is 9.97. The van der Waals surface area contributed by atoms with Crippen molar-refractivity contribution in [3.63, 3.8) is 0 Å². The average molecular weight is 222 g/mol. The minimum Gasteiger partial charge on any atom is -0.287 e. The van der Waals surface area contributed by atoms with Gasteiger partial charge in [0.1, 0.15) is 4.88 Å². The molecule has 2 aromatic heterocycles. The van der Waals surface area contributed by atoms with Crippen LogP contribution < -0.4 is 0 Å². The molecule has 0 unspecified atom stereocenters. The molecule has 2 rings (SSSR count). The van der Waals surface area contributed by atoms with Gasteiger partial charge in [0.05, 0.1) is 17.5 Å². The smallest absolute Gasteiger partial charge is 0.209 e. The Morgan fingerprint density at radius 3 is 3.00 bits per heavy atom. The second-order valence-electron chi connectivity index (χ2n) is 3.13. The summed E-state index contributed by atoms with van der Waals surface area (Å²) >= 11 is 1.14. The van der Waals surface area contributed by atoms with E-state index in [9.17, 15) is 4.79 Å². The fourth-order valence-electron chi connectivity index (χ4n) is 1.28. The molecule has 2 heterocycles. The third-order valence-corrected chi connectivity index (χ3v) is 2.83. The van der Waals surface area contributed by atoms with Crippen LogP contribution in [0.25, 0.3) is 0 Å². The number of aromatic nitrogens is 4. The molecule has 0 radical (unpaired) electrons. The predicted octanol–water partition coefficient (Wildman–Crippen LogP) is 1.06. The molecule has 0 aromatic carbocycles. The Bertz CT molecular complexity index is 488. The molecule has 6 heteroatoms. The summed E-state index contributed by atoms with van der Waals surface area (Å²) in [6.45, 7) is 1.96. The van der Waals surface area contributed by atoms with Crippen LogP contribution in [-0.4, -0.2) is 25.2 Å². The maximum atomic E-state index is 12.0. The Kier molecular flexibility index (Phi) is 2.59. The number of aryl methyl sites for hydroxylation is 2. The second kappa shape index (κ2) is 3.90. The van der Waals surface area contributed by atoms with Crippen molar-refractivity contribution in [1.29, 1.82) is 0 Å². The van der Waals surface area contributed by atoms with Gasteiger partial charge in [-0.25, -0.2) is 0 Å². The number of hydrogen-bond acceptors (Lipinski definition) is 5. The van der Waals surface area contributed by atoms with E-state index in [4.69, 9.17) is 0 Å². The minimum atomic E-state index is -0.0463. The van der Waals surface area contributed by atoms with Gasteiger partial charge < -0.3 is 0 Å². The van der Waals surface area contributed by atoms with Crippen molar-refractivity contribution in [3.05, 3.63) is 28.5 Å². The van der Waals surface area contributed by atoms with Gasteiger partial charge in [0.15, 0.2) is 0 Å². The molecular formula is C9H10N4OS. The summed E-state index contributed by atoms with van der Waals surface area (Å²) in [5.74, 6) is -0.0463. The molecule has 0 amide bonds. The molecule has 0 N–H and O–H groups in total. The maximum absolute atomic E-state index is 12.0.